The second-order valence-electron chi connectivity index (χ2n) is 4.52. The minimum Gasteiger partial charge on any atom is -0.367 e. The van der Waals surface area contributed by atoms with Crippen LogP contribution in [0.15, 0.2) is 16.9 Å². The van der Waals surface area contributed by atoms with Crippen molar-refractivity contribution < 1.29 is 0 Å². The highest BCUT2D eigenvalue weighted by Gasteiger charge is 2.04. The largest absolute Gasteiger partial charge is 0.367 e. The molecule has 0 aliphatic carbocycles. The number of fused-ring (bicyclic) bond motifs is 1. The Kier molecular flexibility index (Phi) is 3.61. The molecule has 0 aliphatic heterocycles. The van der Waals surface area contributed by atoms with Crippen molar-refractivity contribution in [1.82, 2.24) is 24.7 Å². The number of nitrogens with zero attached hydrogens (tertiary/aromatic N) is 4. The standard InChI is InChI=1S/C11H18N6O/c1-8(2)16(3)7-6-12-9-4-5-10-13-14-11(18)17(10)15-9/h4-5,8H,6-7H2,1-3H3,(H,12,15)(H,14,18). The Bertz CT molecular complexity index is 572. The van der Waals surface area contributed by atoms with Gasteiger partial charge < -0.3 is 10.2 Å². The van der Waals surface area contributed by atoms with Gasteiger partial charge in [-0.15, -0.1) is 5.10 Å². The predicted molar refractivity (Wildman–Crippen MR) is 69.9 cm³/mol. The van der Waals surface area contributed by atoms with Crippen LogP contribution in [0.1, 0.15) is 13.8 Å². The Morgan fingerprint density at radius 2 is 2.28 bits per heavy atom. The Labute approximate surface area is 105 Å². The van der Waals surface area contributed by atoms with Crippen LogP contribution < -0.4 is 11.0 Å². The van der Waals surface area contributed by atoms with E-state index in [-0.39, 0.29) is 5.69 Å². The fraction of sp³-hybridized carbons (Fsp3) is 0.545. The lowest BCUT2D eigenvalue weighted by molar-refractivity contribution is 0.284. The third kappa shape index (κ3) is 2.67. The molecule has 0 unspecified atom stereocenters. The number of nitrogens with one attached hydrogen (secondary N) is 2. The fourth-order valence-electron chi connectivity index (χ4n) is 1.52. The Hall–Kier alpha value is -1.89. The van der Waals surface area contributed by atoms with Crippen LogP contribution in [0.4, 0.5) is 5.82 Å². The van der Waals surface area contributed by atoms with Gasteiger partial charge in [0.2, 0.25) is 0 Å². The monoisotopic (exact) mass is 250 g/mol. The second-order valence-corrected chi connectivity index (χ2v) is 4.52. The van der Waals surface area contributed by atoms with Gasteiger partial charge in [0.25, 0.3) is 0 Å². The van der Waals surface area contributed by atoms with E-state index in [1.54, 1.807) is 6.07 Å². The molecule has 7 nitrogen and oxygen atoms in total. The second kappa shape index (κ2) is 5.18. The van der Waals surface area contributed by atoms with Crippen LogP contribution in [-0.2, 0) is 0 Å². The van der Waals surface area contributed by atoms with Gasteiger partial charge in [0.05, 0.1) is 0 Å². The van der Waals surface area contributed by atoms with Crippen LogP contribution in [0, 0.1) is 0 Å². The van der Waals surface area contributed by atoms with E-state index in [2.05, 4.69) is 46.4 Å². The molecule has 0 fully saturated rings. The topological polar surface area (TPSA) is 78.3 Å². The van der Waals surface area contributed by atoms with E-state index in [1.807, 2.05) is 6.07 Å². The molecule has 7 heteroatoms. The van der Waals surface area contributed by atoms with Crippen LogP contribution in [0.2, 0.25) is 0 Å². The Morgan fingerprint density at radius 3 is 3.00 bits per heavy atom. The summed E-state index contributed by atoms with van der Waals surface area (Å²) in [5.41, 5.74) is 0.192. The zero-order valence-electron chi connectivity index (χ0n) is 10.8. The molecule has 2 aromatic rings. The first-order chi connectivity index (χ1) is 8.58. The minimum absolute atomic E-state index is 0.326. The molecular weight excluding hydrogens is 232 g/mol. The summed E-state index contributed by atoms with van der Waals surface area (Å²) in [6.07, 6.45) is 0. The lowest BCUT2D eigenvalue weighted by Gasteiger charge is -2.20. The molecule has 0 bridgehead atoms. The molecule has 0 saturated heterocycles. The molecule has 98 valence electrons. The van der Waals surface area contributed by atoms with Gasteiger partial charge in [-0.3, -0.25) is 0 Å². The van der Waals surface area contributed by atoms with Crippen LogP contribution in [0.5, 0.6) is 0 Å². The number of anilines is 1. The van der Waals surface area contributed by atoms with Crippen molar-refractivity contribution in [2.45, 2.75) is 19.9 Å². The average molecular weight is 250 g/mol. The van der Waals surface area contributed by atoms with Crippen molar-refractivity contribution in [2.24, 2.45) is 0 Å². The van der Waals surface area contributed by atoms with Gasteiger partial charge >= 0.3 is 5.69 Å². The third-order valence-electron chi connectivity index (χ3n) is 2.93. The van der Waals surface area contributed by atoms with Gasteiger partial charge in [-0.1, -0.05) is 0 Å². The first-order valence-corrected chi connectivity index (χ1v) is 5.96. The molecule has 18 heavy (non-hydrogen) atoms. The van der Waals surface area contributed by atoms with E-state index in [0.717, 1.165) is 13.1 Å². The lowest BCUT2D eigenvalue weighted by atomic mass is 10.3. The van der Waals surface area contributed by atoms with E-state index in [0.29, 0.717) is 17.5 Å². The lowest BCUT2D eigenvalue weighted by Crippen LogP contribution is -2.31. The van der Waals surface area contributed by atoms with Gasteiger partial charge in [-0.25, -0.2) is 9.89 Å². The van der Waals surface area contributed by atoms with Crippen LogP contribution in [0.3, 0.4) is 0 Å². The molecular formula is C11H18N6O. The highest BCUT2D eigenvalue weighted by Crippen LogP contribution is 2.02. The summed E-state index contributed by atoms with van der Waals surface area (Å²) >= 11 is 0. The number of aromatic nitrogens is 4. The normalized spacial score (nSPS) is 11.6. The van der Waals surface area contributed by atoms with Crippen LogP contribution in [0.25, 0.3) is 5.65 Å². The number of H-pyrrole nitrogens is 1. The summed E-state index contributed by atoms with van der Waals surface area (Å²) < 4.78 is 1.24. The van der Waals surface area contributed by atoms with E-state index >= 15 is 0 Å². The smallest absolute Gasteiger partial charge is 0.364 e. The number of likely N-dealkylation sites (N-methyl/N-ethyl adjacent to an activating group) is 1. The molecule has 0 aromatic carbocycles. The van der Waals surface area contributed by atoms with Crippen molar-refractivity contribution in [1.29, 1.82) is 0 Å². The molecule has 0 aliphatic rings. The van der Waals surface area contributed by atoms with Crippen molar-refractivity contribution in [3.63, 3.8) is 0 Å². The molecule has 0 radical (unpaired) electrons. The summed E-state index contributed by atoms with van der Waals surface area (Å²) in [7, 11) is 2.07. The number of hydrogen-bond donors (Lipinski definition) is 2. The quantitative estimate of drug-likeness (QED) is 0.791. The van der Waals surface area contributed by atoms with Gasteiger partial charge in [-0.05, 0) is 33.0 Å². The number of aromatic amines is 1. The molecule has 0 atom stereocenters. The summed E-state index contributed by atoms with van der Waals surface area (Å²) in [5.74, 6) is 0.670. The number of hydrogen-bond acceptors (Lipinski definition) is 5. The highest BCUT2D eigenvalue weighted by atomic mass is 16.2. The average Bonchev–Trinajstić information content (AvgIpc) is 2.71. The van der Waals surface area contributed by atoms with Crippen LogP contribution >= 0.6 is 0 Å². The molecule has 0 amide bonds. The van der Waals surface area contributed by atoms with Crippen molar-refractivity contribution in [3.8, 4) is 0 Å². The molecule has 0 saturated carbocycles. The van der Waals surface area contributed by atoms with E-state index in [9.17, 15) is 4.79 Å². The van der Waals surface area contributed by atoms with E-state index in [4.69, 9.17) is 0 Å². The summed E-state index contributed by atoms with van der Waals surface area (Å²) in [4.78, 5) is 13.6. The van der Waals surface area contributed by atoms with E-state index < -0.39 is 0 Å². The summed E-state index contributed by atoms with van der Waals surface area (Å²) in [5, 5.41) is 13.5. The first kappa shape index (κ1) is 12.6. The highest BCUT2D eigenvalue weighted by molar-refractivity contribution is 5.42. The SMILES string of the molecule is CC(C)N(C)CCNc1ccc2n[nH]c(=O)n2n1. The first-order valence-electron chi connectivity index (χ1n) is 5.96. The van der Waals surface area contributed by atoms with Gasteiger partial charge in [0, 0.05) is 19.1 Å². The maximum Gasteiger partial charge on any atom is 0.364 e. The zero-order valence-corrected chi connectivity index (χ0v) is 10.8. The van der Waals surface area contributed by atoms with Crippen molar-refractivity contribution >= 4 is 11.5 Å². The predicted octanol–water partition coefficient (Wildman–Crippen LogP) is 0.170. The number of rotatable bonds is 5. The molecule has 2 rings (SSSR count). The van der Waals surface area contributed by atoms with Crippen molar-refractivity contribution in [2.75, 3.05) is 25.5 Å². The molecule has 2 N–H and O–H groups in total. The van der Waals surface area contributed by atoms with E-state index in [1.165, 1.54) is 4.52 Å². The van der Waals surface area contributed by atoms with Crippen LogP contribution in [-0.4, -0.2) is 50.9 Å². The maximum absolute atomic E-state index is 11.3. The van der Waals surface area contributed by atoms with Gasteiger partial charge in [-0.2, -0.15) is 9.61 Å². The summed E-state index contributed by atoms with van der Waals surface area (Å²) in [6, 6.07) is 4.07. The maximum atomic E-state index is 11.3. The van der Waals surface area contributed by atoms with Gasteiger partial charge in [0.1, 0.15) is 5.82 Å². The fourth-order valence-corrected chi connectivity index (χ4v) is 1.52. The minimum atomic E-state index is -0.326. The molecule has 2 aromatic heterocycles. The van der Waals surface area contributed by atoms with Crippen molar-refractivity contribution in [3.05, 3.63) is 22.6 Å². The summed E-state index contributed by atoms with van der Waals surface area (Å²) in [6.45, 7) is 5.99. The molecule has 0 spiro atoms. The van der Waals surface area contributed by atoms with Gasteiger partial charge in [0.15, 0.2) is 5.65 Å². The Morgan fingerprint density at radius 1 is 1.50 bits per heavy atom. The molecule has 2 heterocycles. The zero-order chi connectivity index (χ0) is 13.1. The third-order valence-corrected chi connectivity index (χ3v) is 2.93. The Balaban J connectivity index is 1.99.